The maximum atomic E-state index is 2.39. The molecule has 0 aliphatic heterocycles. The second-order valence-corrected chi connectivity index (χ2v) is 7.57. The van der Waals surface area contributed by atoms with Crippen molar-refractivity contribution < 1.29 is 4.57 Å². The molecule has 1 heterocycles. The lowest BCUT2D eigenvalue weighted by Crippen LogP contribution is -2.31. The molecule has 0 aliphatic carbocycles. The molecule has 0 saturated carbocycles. The molecular weight excluding hydrogens is 290 g/mol. The minimum Gasteiger partial charge on any atom is -0.200 e. The van der Waals surface area contributed by atoms with Crippen molar-refractivity contribution in [3.63, 3.8) is 0 Å². The molecule has 124 valence electrons. The van der Waals surface area contributed by atoms with E-state index < -0.39 is 0 Å². The first kappa shape index (κ1) is 16.7. The van der Waals surface area contributed by atoms with Gasteiger partial charge in [0.2, 0.25) is 5.69 Å². The first-order valence-corrected chi connectivity index (χ1v) is 8.86. The quantitative estimate of drug-likeness (QED) is 0.565. The number of nitrogens with zero attached hydrogens (tertiary/aromatic N) is 1. The van der Waals surface area contributed by atoms with Gasteiger partial charge in [-0.2, -0.15) is 0 Å². The Balaban J connectivity index is 2.30. The Morgan fingerprint density at radius 2 is 1.62 bits per heavy atom. The second-order valence-electron chi connectivity index (χ2n) is 7.57. The van der Waals surface area contributed by atoms with Crippen LogP contribution in [0.4, 0.5) is 0 Å². The number of pyridine rings is 1. The van der Waals surface area contributed by atoms with Gasteiger partial charge in [0.25, 0.3) is 0 Å². The van der Waals surface area contributed by atoms with Crippen LogP contribution in [0.15, 0.2) is 42.6 Å². The van der Waals surface area contributed by atoms with Gasteiger partial charge in [-0.1, -0.05) is 43.7 Å². The van der Waals surface area contributed by atoms with Gasteiger partial charge in [0, 0.05) is 11.1 Å². The largest absolute Gasteiger partial charge is 0.220 e. The van der Waals surface area contributed by atoms with Crippen LogP contribution < -0.4 is 4.57 Å². The number of rotatable bonds is 3. The maximum Gasteiger partial charge on any atom is 0.220 e. The lowest BCUT2D eigenvalue weighted by atomic mass is 9.94. The second kappa shape index (κ2) is 6.39. The van der Waals surface area contributed by atoms with Crippen LogP contribution in [-0.2, 0) is 13.5 Å². The fourth-order valence-electron chi connectivity index (χ4n) is 3.66. The monoisotopic (exact) mass is 318 g/mol. The Morgan fingerprint density at radius 3 is 2.33 bits per heavy atom. The van der Waals surface area contributed by atoms with E-state index in [0.29, 0.717) is 5.92 Å². The van der Waals surface area contributed by atoms with Crippen LogP contribution in [0.5, 0.6) is 0 Å². The van der Waals surface area contributed by atoms with Crippen molar-refractivity contribution in [3.05, 3.63) is 64.8 Å². The van der Waals surface area contributed by atoms with Gasteiger partial charge in [0.15, 0.2) is 6.20 Å². The molecule has 0 unspecified atom stereocenters. The smallest absolute Gasteiger partial charge is 0.200 e. The summed E-state index contributed by atoms with van der Waals surface area (Å²) in [7, 11) is 2.16. The van der Waals surface area contributed by atoms with Gasteiger partial charge in [0.05, 0.1) is 5.39 Å². The predicted octanol–water partition coefficient (Wildman–Crippen LogP) is 5.46. The van der Waals surface area contributed by atoms with Crippen LogP contribution in [0, 0.1) is 26.7 Å². The van der Waals surface area contributed by atoms with E-state index in [2.05, 4.69) is 88.8 Å². The molecule has 0 aliphatic rings. The molecule has 1 heteroatoms. The van der Waals surface area contributed by atoms with Crippen LogP contribution in [0.2, 0.25) is 0 Å². The molecule has 0 amide bonds. The van der Waals surface area contributed by atoms with Crippen LogP contribution in [0.1, 0.15) is 36.1 Å². The van der Waals surface area contributed by atoms with Gasteiger partial charge in [-0.3, -0.25) is 0 Å². The first-order chi connectivity index (χ1) is 11.4. The summed E-state index contributed by atoms with van der Waals surface area (Å²) in [6.45, 7) is 11.1. The number of aryl methyl sites for hydroxylation is 4. The SMILES string of the molecule is Cc1ccc(C)c(-c2c3ccc(CC(C)C)cc3c(C)c[n+]2C)c1. The molecule has 0 radical (unpaired) electrons. The van der Waals surface area contributed by atoms with Gasteiger partial charge in [-0.25, -0.2) is 4.57 Å². The highest BCUT2D eigenvalue weighted by Crippen LogP contribution is 2.31. The normalized spacial score (nSPS) is 11.5. The van der Waals surface area contributed by atoms with E-state index >= 15 is 0 Å². The minimum atomic E-state index is 0.682. The molecule has 3 aromatic rings. The molecule has 0 bridgehead atoms. The zero-order chi connectivity index (χ0) is 17.4. The van der Waals surface area contributed by atoms with Crippen molar-refractivity contribution in [2.24, 2.45) is 13.0 Å². The molecule has 0 saturated heterocycles. The van der Waals surface area contributed by atoms with Crippen LogP contribution in [0.3, 0.4) is 0 Å². The lowest BCUT2D eigenvalue weighted by molar-refractivity contribution is -0.659. The van der Waals surface area contributed by atoms with Crippen molar-refractivity contribution in [2.45, 2.75) is 41.0 Å². The van der Waals surface area contributed by atoms with Crippen LogP contribution >= 0.6 is 0 Å². The summed E-state index contributed by atoms with van der Waals surface area (Å²) >= 11 is 0. The molecule has 0 N–H and O–H groups in total. The highest BCUT2D eigenvalue weighted by molar-refractivity contribution is 5.95. The Hall–Kier alpha value is -2.15. The third kappa shape index (κ3) is 3.08. The molecule has 0 fully saturated rings. The zero-order valence-electron chi connectivity index (χ0n) is 15.8. The summed E-state index contributed by atoms with van der Waals surface area (Å²) in [6, 6.07) is 13.7. The lowest BCUT2D eigenvalue weighted by Gasteiger charge is -2.12. The van der Waals surface area contributed by atoms with Gasteiger partial charge in [0.1, 0.15) is 7.05 Å². The number of benzene rings is 2. The summed E-state index contributed by atoms with van der Waals surface area (Å²) in [6.07, 6.45) is 3.40. The van der Waals surface area contributed by atoms with Gasteiger partial charge >= 0.3 is 0 Å². The third-order valence-electron chi connectivity index (χ3n) is 4.80. The molecule has 24 heavy (non-hydrogen) atoms. The number of aromatic nitrogens is 1. The zero-order valence-corrected chi connectivity index (χ0v) is 15.8. The molecule has 3 rings (SSSR count). The van der Waals surface area contributed by atoms with E-state index in [0.717, 1.165) is 6.42 Å². The molecule has 2 aromatic carbocycles. The van der Waals surface area contributed by atoms with Crippen LogP contribution in [-0.4, -0.2) is 0 Å². The van der Waals surface area contributed by atoms with E-state index in [-0.39, 0.29) is 0 Å². The average molecular weight is 318 g/mol. The van der Waals surface area contributed by atoms with E-state index in [1.54, 1.807) is 0 Å². The Labute approximate surface area is 146 Å². The number of hydrogen-bond acceptors (Lipinski definition) is 0. The summed E-state index contributed by atoms with van der Waals surface area (Å²) in [5.41, 5.74) is 8.05. The molecular formula is C23H28N+. The average Bonchev–Trinajstić information content (AvgIpc) is 2.50. The Kier molecular flexibility index (Phi) is 4.45. The van der Waals surface area contributed by atoms with E-state index in [1.807, 2.05) is 0 Å². The predicted molar refractivity (Wildman–Crippen MR) is 103 cm³/mol. The maximum absolute atomic E-state index is 2.39. The number of hydrogen-bond donors (Lipinski definition) is 0. The summed E-state index contributed by atoms with van der Waals surface area (Å²) in [4.78, 5) is 0. The van der Waals surface area contributed by atoms with E-state index in [1.165, 1.54) is 44.3 Å². The van der Waals surface area contributed by atoms with Gasteiger partial charge in [-0.15, -0.1) is 0 Å². The van der Waals surface area contributed by atoms with Crippen molar-refractivity contribution in [2.75, 3.05) is 0 Å². The highest BCUT2D eigenvalue weighted by Gasteiger charge is 2.19. The summed E-state index contributed by atoms with van der Waals surface area (Å²) in [5.74, 6) is 0.682. The molecule has 1 aromatic heterocycles. The van der Waals surface area contributed by atoms with Crippen molar-refractivity contribution in [3.8, 4) is 11.3 Å². The number of fused-ring (bicyclic) bond motifs is 1. The Morgan fingerprint density at radius 1 is 0.875 bits per heavy atom. The minimum absolute atomic E-state index is 0.682. The van der Waals surface area contributed by atoms with Gasteiger partial charge < -0.3 is 0 Å². The van der Waals surface area contributed by atoms with Crippen molar-refractivity contribution in [1.82, 2.24) is 0 Å². The fourth-order valence-corrected chi connectivity index (χ4v) is 3.66. The summed E-state index contributed by atoms with van der Waals surface area (Å²) in [5, 5.41) is 2.72. The van der Waals surface area contributed by atoms with Gasteiger partial charge in [-0.05, 0) is 61.8 Å². The standard InChI is InChI=1S/C23H28N/c1-15(2)11-19-9-10-20-21(13-19)18(5)14-24(6)23(20)22-12-16(3)7-8-17(22)4/h7-10,12-15H,11H2,1-6H3/q+1. The molecule has 0 atom stereocenters. The van der Waals surface area contributed by atoms with Crippen LogP contribution in [0.25, 0.3) is 22.0 Å². The topological polar surface area (TPSA) is 3.88 Å². The fraction of sp³-hybridized carbons (Fsp3) is 0.348. The summed E-state index contributed by atoms with van der Waals surface area (Å²) < 4.78 is 2.28. The van der Waals surface area contributed by atoms with Crippen molar-refractivity contribution >= 4 is 10.8 Å². The molecule has 1 nitrogen and oxygen atoms in total. The Bertz CT molecular complexity index is 904. The first-order valence-electron chi connectivity index (χ1n) is 8.86. The van der Waals surface area contributed by atoms with Crippen molar-refractivity contribution in [1.29, 1.82) is 0 Å². The van der Waals surface area contributed by atoms with E-state index in [4.69, 9.17) is 0 Å². The third-order valence-corrected chi connectivity index (χ3v) is 4.80. The molecule has 0 spiro atoms. The van der Waals surface area contributed by atoms with E-state index in [9.17, 15) is 0 Å². The highest BCUT2D eigenvalue weighted by atomic mass is 14.9.